The number of carbonyl (C=O) groups is 1. The molecule has 2 heterocycles. The third-order valence-electron chi connectivity index (χ3n) is 4.64. The van der Waals surface area contributed by atoms with Gasteiger partial charge in [0.05, 0.1) is 33.3 Å². The van der Waals surface area contributed by atoms with Crippen LogP contribution in [0.25, 0.3) is 5.69 Å². The highest BCUT2D eigenvalue weighted by Crippen LogP contribution is 2.33. The van der Waals surface area contributed by atoms with Gasteiger partial charge in [0, 0.05) is 18.2 Å². The first-order valence-electron chi connectivity index (χ1n) is 9.47. The Morgan fingerprint density at radius 2 is 1.97 bits per heavy atom. The van der Waals surface area contributed by atoms with Crippen molar-refractivity contribution in [3.63, 3.8) is 0 Å². The van der Waals surface area contributed by atoms with Gasteiger partial charge in [-0.3, -0.25) is 14.2 Å². The number of benzene rings is 2. The first-order valence-corrected chi connectivity index (χ1v) is 11.4. The summed E-state index contributed by atoms with van der Waals surface area (Å²) in [5.41, 5.74) is -1.20. The molecular formula is C21H14F5N3O2S2. The second-order valence-corrected chi connectivity index (χ2v) is 8.97. The highest BCUT2D eigenvalue weighted by atomic mass is 32.2. The van der Waals surface area contributed by atoms with Crippen molar-refractivity contribution in [2.75, 3.05) is 16.8 Å². The lowest BCUT2D eigenvalue weighted by molar-refractivity contribution is -0.137. The molecule has 2 aromatic carbocycles. The number of fused-ring (bicyclic) bond motifs is 1. The maximum atomic E-state index is 13.8. The zero-order valence-corrected chi connectivity index (χ0v) is 18.2. The van der Waals surface area contributed by atoms with Crippen molar-refractivity contribution in [1.82, 2.24) is 9.55 Å². The maximum Gasteiger partial charge on any atom is 0.416 e. The summed E-state index contributed by atoms with van der Waals surface area (Å²) in [4.78, 5) is 30.2. The molecule has 4 rings (SSSR count). The molecule has 0 unspecified atom stereocenters. The standard InChI is InChI=1S/C21H14F5N3O2S2/c22-12-4-5-15(14(23)9-12)27-17(30)10-33-20-28-16-6-7-32-18(16)19(31)29(20)13-3-1-2-11(8-13)21(24,25)26/h1-5,8-9H,6-7,10H2,(H,27,30). The molecule has 0 aliphatic carbocycles. The van der Waals surface area contributed by atoms with Gasteiger partial charge in [-0.2, -0.15) is 13.2 Å². The molecule has 5 nitrogen and oxygen atoms in total. The smallest absolute Gasteiger partial charge is 0.323 e. The first kappa shape index (κ1) is 23.3. The summed E-state index contributed by atoms with van der Waals surface area (Å²) in [6.07, 6.45) is -4.09. The molecule has 1 aromatic heterocycles. The fraction of sp³-hybridized carbons (Fsp3) is 0.190. The van der Waals surface area contributed by atoms with Crippen LogP contribution in [-0.4, -0.2) is 27.0 Å². The zero-order chi connectivity index (χ0) is 23.8. The second-order valence-electron chi connectivity index (χ2n) is 6.92. The molecule has 0 fully saturated rings. The number of aryl methyl sites for hydroxylation is 1. The molecule has 0 radical (unpaired) electrons. The van der Waals surface area contributed by atoms with E-state index in [1.54, 1.807) is 0 Å². The van der Waals surface area contributed by atoms with Crippen LogP contribution < -0.4 is 10.9 Å². The minimum Gasteiger partial charge on any atom is -0.323 e. The van der Waals surface area contributed by atoms with E-state index in [9.17, 15) is 31.5 Å². The Balaban J connectivity index is 1.65. The highest BCUT2D eigenvalue weighted by molar-refractivity contribution is 8.00. The van der Waals surface area contributed by atoms with E-state index < -0.39 is 34.8 Å². The van der Waals surface area contributed by atoms with Crippen molar-refractivity contribution in [2.24, 2.45) is 0 Å². The summed E-state index contributed by atoms with van der Waals surface area (Å²) in [7, 11) is 0. The molecule has 12 heteroatoms. The van der Waals surface area contributed by atoms with Gasteiger partial charge in [-0.1, -0.05) is 17.8 Å². The van der Waals surface area contributed by atoms with Gasteiger partial charge in [-0.15, -0.1) is 11.8 Å². The van der Waals surface area contributed by atoms with Gasteiger partial charge in [-0.25, -0.2) is 13.8 Å². The van der Waals surface area contributed by atoms with Gasteiger partial charge in [0.15, 0.2) is 5.16 Å². The van der Waals surface area contributed by atoms with Crippen molar-refractivity contribution in [2.45, 2.75) is 22.6 Å². The number of nitrogens with one attached hydrogen (secondary N) is 1. The number of thioether (sulfide) groups is 2. The van der Waals surface area contributed by atoms with E-state index in [0.29, 0.717) is 28.8 Å². The molecule has 0 saturated heterocycles. The predicted molar refractivity (Wildman–Crippen MR) is 115 cm³/mol. The summed E-state index contributed by atoms with van der Waals surface area (Å²) < 4.78 is 67.5. The van der Waals surface area contributed by atoms with E-state index in [4.69, 9.17) is 0 Å². The Morgan fingerprint density at radius 1 is 1.18 bits per heavy atom. The largest absolute Gasteiger partial charge is 0.416 e. The molecule has 1 amide bonds. The van der Waals surface area contributed by atoms with Crippen molar-refractivity contribution < 1.29 is 26.7 Å². The van der Waals surface area contributed by atoms with Gasteiger partial charge in [0.25, 0.3) is 5.56 Å². The predicted octanol–water partition coefficient (Wildman–Crippen LogP) is 4.91. The van der Waals surface area contributed by atoms with Crippen molar-refractivity contribution in [1.29, 1.82) is 0 Å². The number of alkyl halides is 3. The van der Waals surface area contributed by atoms with Gasteiger partial charge in [0.2, 0.25) is 5.91 Å². The molecule has 1 aliphatic heterocycles. The number of hydrogen-bond donors (Lipinski definition) is 1. The van der Waals surface area contributed by atoms with E-state index in [0.717, 1.165) is 40.6 Å². The third kappa shape index (κ3) is 5.06. The minimum absolute atomic E-state index is 0.0369. The number of halogens is 5. The van der Waals surface area contributed by atoms with Gasteiger partial charge < -0.3 is 5.32 Å². The summed E-state index contributed by atoms with van der Waals surface area (Å²) in [6, 6.07) is 6.93. The Morgan fingerprint density at radius 3 is 2.70 bits per heavy atom. The van der Waals surface area contributed by atoms with Gasteiger partial charge in [0.1, 0.15) is 11.6 Å². The van der Waals surface area contributed by atoms with E-state index in [1.165, 1.54) is 23.9 Å². The number of hydrogen-bond acceptors (Lipinski definition) is 5. The second kappa shape index (κ2) is 9.18. The van der Waals surface area contributed by atoms with E-state index in [1.807, 2.05) is 0 Å². The van der Waals surface area contributed by atoms with Crippen LogP contribution in [-0.2, 0) is 17.4 Å². The Hall–Kier alpha value is -2.86. The van der Waals surface area contributed by atoms with Crippen LogP contribution in [0.2, 0.25) is 0 Å². The SMILES string of the molecule is O=C(CSc1nc2c(c(=O)n1-c1cccc(C(F)(F)F)c1)SCC2)Nc1ccc(F)cc1F. The van der Waals surface area contributed by atoms with Crippen LogP contribution >= 0.6 is 23.5 Å². The topological polar surface area (TPSA) is 64.0 Å². The van der Waals surface area contributed by atoms with Crippen molar-refractivity contribution in [3.8, 4) is 5.69 Å². The number of nitrogens with zero attached hydrogens (tertiary/aromatic N) is 2. The quantitative estimate of drug-likeness (QED) is 0.307. The zero-order valence-electron chi connectivity index (χ0n) is 16.6. The monoisotopic (exact) mass is 499 g/mol. The molecule has 172 valence electrons. The van der Waals surface area contributed by atoms with Crippen LogP contribution in [0, 0.1) is 11.6 Å². The Bertz CT molecular complexity index is 1290. The lowest BCUT2D eigenvalue weighted by Gasteiger charge is -2.15. The molecule has 3 aromatic rings. The molecule has 1 N–H and O–H groups in total. The maximum absolute atomic E-state index is 13.8. The first-order chi connectivity index (χ1) is 15.6. The van der Waals surface area contributed by atoms with Crippen LogP contribution in [0.4, 0.5) is 27.6 Å². The van der Waals surface area contributed by atoms with E-state index in [2.05, 4.69) is 10.3 Å². The third-order valence-corrected chi connectivity index (χ3v) is 6.68. The van der Waals surface area contributed by atoms with Gasteiger partial charge >= 0.3 is 6.18 Å². The number of rotatable bonds is 5. The molecule has 0 saturated carbocycles. The molecule has 1 aliphatic rings. The molecule has 33 heavy (non-hydrogen) atoms. The summed E-state index contributed by atoms with van der Waals surface area (Å²) in [6.45, 7) is 0. The lowest BCUT2D eigenvalue weighted by Crippen LogP contribution is -2.25. The average molecular weight is 499 g/mol. The Kier molecular flexibility index (Phi) is 6.48. The Labute approximate surface area is 192 Å². The van der Waals surface area contributed by atoms with E-state index >= 15 is 0 Å². The fourth-order valence-electron chi connectivity index (χ4n) is 3.15. The highest BCUT2D eigenvalue weighted by Gasteiger charge is 2.31. The molecule has 0 spiro atoms. The van der Waals surface area contributed by atoms with Crippen LogP contribution in [0.3, 0.4) is 0 Å². The number of amides is 1. The normalized spacial score (nSPS) is 13.1. The number of carbonyl (C=O) groups excluding carboxylic acids is 1. The van der Waals surface area contributed by atoms with E-state index in [-0.39, 0.29) is 22.3 Å². The minimum atomic E-state index is -4.61. The van der Waals surface area contributed by atoms with Gasteiger partial charge in [-0.05, 0) is 30.3 Å². The summed E-state index contributed by atoms with van der Waals surface area (Å²) >= 11 is 2.10. The van der Waals surface area contributed by atoms with Crippen molar-refractivity contribution in [3.05, 3.63) is 75.7 Å². The molecule has 0 atom stereocenters. The number of anilines is 1. The fourth-order valence-corrected chi connectivity index (χ4v) is 5.00. The molecule has 0 bridgehead atoms. The lowest BCUT2D eigenvalue weighted by atomic mass is 10.2. The van der Waals surface area contributed by atoms with Crippen LogP contribution in [0.5, 0.6) is 0 Å². The van der Waals surface area contributed by atoms with Crippen LogP contribution in [0.1, 0.15) is 11.3 Å². The molecular weight excluding hydrogens is 485 g/mol. The summed E-state index contributed by atoms with van der Waals surface area (Å²) in [5.74, 6) is -2.12. The summed E-state index contributed by atoms with van der Waals surface area (Å²) in [5, 5.41) is 2.33. The number of aromatic nitrogens is 2. The van der Waals surface area contributed by atoms with Crippen LogP contribution in [0.15, 0.2) is 57.3 Å². The average Bonchev–Trinajstić information content (AvgIpc) is 3.23. The van der Waals surface area contributed by atoms with Crippen molar-refractivity contribution >= 4 is 35.1 Å².